The summed E-state index contributed by atoms with van der Waals surface area (Å²) in [6.45, 7) is 4.42. The van der Waals surface area contributed by atoms with Gasteiger partial charge in [0, 0.05) is 9.52 Å². The average Bonchev–Trinajstić information content (AvgIpc) is 3.33. The third-order valence-electron chi connectivity index (χ3n) is 5.23. The summed E-state index contributed by atoms with van der Waals surface area (Å²) in [5.74, 6) is 0. The minimum absolute atomic E-state index is 0. The second kappa shape index (κ2) is 10.7. The molecule has 145 valence electrons. The van der Waals surface area contributed by atoms with Crippen LogP contribution in [-0.4, -0.2) is 9.52 Å². The average molecular weight is 437 g/mol. The van der Waals surface area contributed by atoms with Crippen molar-refractivity contribution in [3.8, 4) is 22.3 Å². The molecule has 2 aliphatic rings. The first-order valence-electron chi connectivity index (χ1n) is 10.2. The molecule has 0 saturated heterocycles. The van der Waals surface area contributed by atoms with Gasteiger partial charge in [-0.2, -0.15) is 59.7 Å². The zero-order valence-corrected chi connectivity index (χ0v) is 20.3. The SMILES string of the molecule is C[SiH]C.[Ti+2].[c-]1cccc2c1Cc1ccccc1-2.[c-]1cccc2c1Cc1ccccc1-2. The molecule has 4 aromatic rings. The van der Waals surface area contributed by atoms with Crippen LogP contribution in [0.5, 0.6) is 0 Å². The predicted molar refractivity (Wildman–Crippen MR) is 126 cm³/mol. The van der Waals surface area contributed by atoms with E-state index in [0.717, 1.165) is 22.4 Å². The van der Waals surface area contributed by atoms with Gasteiger partial charge < -0.3 is 0 Å². The second-order valence-corrected chi connectivity index (χ2v) is 8.52. The molecular formula is C28H25SiTi. The quantitative estimate of drug-likeness (QED) is 0.185. The molecule has 2 aliphatic carbocycles. The number of rotatable bonds is 0. The van der Waals surface area contributed by atoms with Crippen molar-refractivity contribution in [2.24, 2.45) is 0 Å². The van der Waals surface area contributed by atoms with E-state index < -0.39 is 0 Å². The Morgan fingerprint density at radius 1 is 0.567 bits per heavy atom. The summed E-state index contributed by atoms with van der Waals surface area (Å²) < 4.78 is 0. The first-order chi connectivity index (χ1) is 14.3. The number of benzene rings is 4. The van der Waals surface area contributed by atoms with Gasteiger partial charge in [0.1, 0.15) is 0 Å². The minimum atomic E-state index is 0. The van der Waals surface area contributed by atoms with Gasteiger partial charge in [0.05, 0.1) is 0 Å². The van der Waals surface area contributed by atoms with Crippen molar-refractivity contribution in [1.82, 2.24) is 0 Å². The van der Waals surface area contributed by atoms with Crippen molar-refractivity contribution in [2.45, 2.75) is 25.9 Å². The van der Waals surface area contributed by atoms with Gasteiger partial charge in [-0.1, -0.05) is 83.9 Å². The van der Waals surface area contributed by atoms with Gasteiger partial charge in [-0.3, -0.25) is 0 Å². The maximum absolute atomic E-state index is 3.30. The normalized spacial score (nSPS) is 11.3. The molecule has 6 rings (SSSR count). The molecule has 30 heavy (non-hydrogen) atoms. The molecule has 0 heterocycles. The van der Waals surface area contributed by atoms with Crippen molar-refractivity contribution >= 4 is 9.52 Å². The monoisotopic (exact) mass is 437 g/mol. The van der Waals surface area contributed by atoms with Crippen molar-refractivity contribution in [1.29, 1.82) is 0 Å². The van der Waals surface area contributed by atoms with E-state index in [1.54, 1.807) is 0 Å². The fraction of sp³-hybridized carbons (Fsp3) is 0.143. The molecule has 0 spiro atoms. The Hall–Kier alpha value is -2.19. The van der Waals surface area contributed by atoms with Crippen molar-refractivity contribution in [2.75, 3.05) is 0 Å². The molecule has 0 saturated carbocycles. The third-order valence-corrected chi connectivity index (χ3v) is 5.23. The van der Waals surface area contributed by atoms with Gasteiger partial charge in [0.2, 0.25) is 0 Å². The van der Waals surface area contributed by atoms with Crippen molar-refractivity contribution in [3.05, 3.63) is 119 Å². The van der Waals surface area contributed by atoms with Crippen LogP contribution < -0.4 is 0 Å². The molecule has 2 heteroatoms. The van der Waals surface area contributed by atoms with Crippen LogP contribution in [0.1, 0.15) is 22.3 Å². The summed E-state index contributed by atoms with van der Waals surface area (Å²) in [4.78, 5) is 0. The molecule has 0 unspecified atom stereocenters. The van der Waals surface area contributed by atoms with Gasteiger partial charge in [0.25, 0.3) is 0 Å². The Labute approximate surface area is 198 Å². The van der Waals surface area contributed by atoms with E-state index in [1.165, 1.54) is 44.5 Å². The summed E-state index contributed by atoms with van der Waals surface area (Å²) >= 11 is 0. The zero-order chi connectivity index (χ0) is 20.1. The molecule has 0 aliphatic heterocycles. The Morgan fingerprint density at radius 2 is 0.933 bits per heavy atom. The van der Waals surface area contributed by atoms with Gasteiger partial charge in [0.15, 0.2) is 0 Å². The molecule has 0 amide bonds. The van der Waals surface area contributed by atoms with Crippen LogP contribution in [0.4, 0.5) is 0 Å². The van der Waals surface area contributed by atoms with Crippen LogP contribution in [0, 0.1) is 12.1 Å². The van der Waals surface area contributed by atoms with Crippen LogP contribution in [-0.2, 0) is 34.6 Å². The van der Waals surface area contributed by atoms with Crippen molar-refractivity contribution < 1.29 is 21.7 Å². The predicted octanol–water partition coefficient (Wildman–Crippen LogP) is 6.63. The van der Waals surface area contributed by atoms with E-state index in [4.69, 9.17) is 0 Å². The summed E-state index contributed by atoms with van der Waals surface area (Å²) in [6, 6.07) is 36.2. The van der Waals surface area contributed by atoms with E-state index in [0.29, 0.717) is 0 Å². The van der Waals surface area contributed by atoms with Crippen molar-refractivity contribution in [3.63, 3.8) is 0 Å². The topological polar surface area (TPSA) is 0 Å². The molecule has 4 aromatic carbocycles. The Bertz CT molecular complexity index is 941. The molecular weight excluding hydrogens is 412 g/mol. The van der Waals surface area contributed by atoms with Gasteiger partial charge >= 0.3 is 21.7 Å². The number of hydrogen-bond donors (Lipinski definition) is 0. The van der Waals surface area contributed by atoms with Crippen LogP contribution in [0.15, 0.2) is 84.9 Å². The van der Waals surface area contributed by atoms with Crippen LogP contribution in [0.25, 0.3) is 22.3 Å². The molecule has 0 bridgehead atoms. The first-order valence-corrected chi connectivity index (χ1v) is 12.5. The fourth-order valence-corrected chi connectivity index (χ4v) is 4.00. The van der Waals surface area contributed by atoms with Gasteiger partial charge in [-0.15, -0.1) is 11.1 Å². The number of hydrogen-bond acceptors (Lipinski definition) is 0. The summed E-state index contributed by atoms with van der Waals surface area (Å²) in [5, 5.41) is 0. The Balaban J connectivity index is 0.000000147. The fourth-order valence-electron chi connectivity index (χ4n) is 4.00. The van der Waals surface area contributed by atoms with E-state index in [-0.39, 0.29) is 21.7 Å². The summed E-state index contributed by atoms with van der Waals surface area (Å²) in [7, 11) is 0.750. The largest absolute Gasteiger partial charge is 2.00 e. The molecule has 0 N–H and O–H groups in total. The molecule has 0 nitrogen and oxygen atoms in total. The smallest absolute Gasteiger partial charge is 0.179 e. The Kier molecular flexibility index (Phi) is 8.04. The summed E-state index contributed by atoms with van der Waals surface area (Å²) in [6.07, 6.45) is 2.10. The second-order valence-electron chi connectivity index (χ2n) is 7.37. The minimum Gasteiger partial charge on any atom is -0.179 e. The van der Waals surface area contributed by atoms with Crippen LogP contribution >= 0.6 is 0 Å². The number of fused-ring (bicyclic) bond motifs is 6. The van der Waals surface area contributed by atoms with E-state index in [1.807, 2.05) is 12.1 Å². The van der Waals surface area contributed by atoms with E-state index >= 15 is 0 Å². The maximum atomic E-state index is 3.30. The molecule has 0 aromatic heterocycles. The van der Waals surface area contributed by atoms with E-state index in [2.05, 4.69) is 98.0 Å². The first kappa shape index (κ1) is 22.5. The third kappa shape index (κ3) is 4.75. The van der Waals surface area contributed by atoms with Gasteiger partial charge in [-0.05, 0) is 12.8 Å². The van der Waals surface area contributed by atoms with Crippen LogP contribution in [0.2, 0.25) is 13.1 Å². The molecule has 0 fully saturated rings. The van der Waals surface area contributed by atoms with E-state index in [9.17, 15) is 0 Å². The zero-order valence-electron chi connectivity index (χ0n) is 17.6. The summed E-state index contributed by atoms with van der Waals surface area (Å²) in [5.41, 5.74) is 11.0. The maximum Gasteiger partial charge on any atom is 2.00 e. The molecule has 1 radical (unpaired) electrons. The Morgan fingerprint density at radius 3 is 1.37 bits per heavy atom. The van der Waals surface area contributed by atoms with Gasteiger partial charge in [-0.25, -0.2) is 0 Å². The molecule has 0 atom stereocenters. The standard InChI is InChI=1S/2C13H9.C2H7Si.Ti/c2*1-3-7-12-10(5-1)9-11-6-2-4-8-13(11)12;1-3-2;/h2*1-5,7-8H,9H2;3H,1-2H3;/q2*-1;;+2. The van der Waals surface area contributed by atoms with Crippen LogP contribution in [0.3, 0.4) is 0 Å².